The van der Waals surface area contributed by atoms with Crippen LogP contribution in [0.3, 0.4) is 0 Å². The van der Waals surface area contributed by atoms with Crippen molar-refractivity contribution < 1.29 is 14.6 Å². The fourth-order valence-corrected chi connectivity index (χ4v) is 4.74. The average Bonchev–Trinajstić information content (AvgIpc) is 2.33. The molecule has 0 aromatic carbocycles. The zero-order valence-corrected chi connectivity index (χ0v) is 16.4. The lowest BCUT2D eigenvalue weighted by Crippen LogP contribution is -2.79. The van der Waals surface area contributed by atoms with Gasteiger partial charge in [-0.3, -0.25) is 0 Å². The van der Waals surface area contributed by atoms with Gasteiger partial charge in [0.2, 0.25) is 0 Å². The summed E-state index contributed by atoms with van der Waals surface area (Å²) in [7, 11) is 0. The van der Waals surface area contributed by atoms with Gasteiger partial charge in [0.15, 0.2) is 0 Å². The van der Waals surface area contributed by atoms with Gasteiger partial charge in [0.05, 0.1) is 0 Å². The minimum atomic E-state index is -0.865. The van der Waals surface area contributed by atoms with E-state index in [2.05, 4.69) is 0 Å². The molecule has 0 aromatic rings. The first-order valence-corrected chi connectivity index (χ1v) is 9.04. The number of quaternary nitrogens is 2. The Hall–Kier alpha value is -0.200. The molecule has 0 aliphatic carbocycles. The smallest absolute Gasteiger partial charge is 0.129 e. The highest BCUT2D eigenvalue weighted by Gasteiger charge is 2.63. The van der Waals surface area contributed by atoms with Crippen LogP contribution in [0.2, 0.25) is 0 Å². The van der Waals surface area contributed by atoms with Crippen LogP contribution in [0.25, 0.3) is 0 Å². The van der Waals surface area contributed by atoms with Crippen LogP contribution in [-0.2, 0) is 4.94 Å². The van der Waals surface area contributed by atoms with Crippen LogP contribution < -0.4 is 0 Å². The normalized spacial score (nSPS) is 33.1. The van der Waals surface area contributed by atoms with Crippen LogP contribution in [0, 0.1) is 10.4 Å². The molecule has 0 spiro atoms. The van der Waals surface area contributed by atoms with Gasteiger partial charge in [0.25, 0.3) is 0 Å². The van der Waals surface area contributed by atoms with E-state index in [-0.39, 0.29) is 0 Å². The number of hydrogen-bond acceptors (Lipinski definition) is 3. The van der Waals surface area contributed by atoms with Gasteiger partial charge in [0, 0.05) is 25.7 Å². The van der Waals surface area contributed by atoms with Crippen molar-refractivity contribution in [3.05, 3.63) is 10.4 Å². The molecule has 0 atom stereocenters. The Kier molecular flexibility index (Phi) is 4.28. The second-order valence-corrected chi connectivity index (χ2v) is 10.1. The summed E-state index contributed by atoms with van der Waals surface area (Å²) in [6.07, 6.45) is 5.11. The van der Waals surface area contributed by atoms with Crippen molar-refractivity contribution in [2.75, 3.05) is 0 Å². The van der Waals surface area contributed by atoms with Gasteiger partial charge in [-0.25, -0.2) is 0 Å². The standard InChI is InChI=1S/C18H36N2O3/c1-15(2)11-9-12-16(3,4)19(15,21)23-20(22)17(5,6)13-10-14-18(20,7)8/h9-14H2,1-8H3. The first-order chi connectivity index (χ1) is 10.1. The Balaban J connectivity index is 2.52. The quantitative estimate of drug-likeness (QED) is 0.532. The molecule has 0 saturated carbocycles. The van der Waals surface area contributed by atoms with Crippen LogP contribution in [0.4, 0.5) is 0 Å². The molecule has 0 aromatic heterocycles. The zero-order valence-electron chi connectivity index (χ0n) is 16.4. The van der Waals surface area contributed by atoms with Crippen LogP contribution >= 0.6 is 0 Å². The summed E-state index contributed by atoms with van der Waals surface area (Å²) < 4.78 is 0. The van der Waals surface area contributed by atoms with E-state index in [1.165, 1.54) is 0 Å². The van der Waals surface area contributed by atoms with E-state index in [0.29, 0.717) is 0 Å². The molecule has 2 aliphatic heterocycles. The first-order valence-electron chi connectivity index (χ1n) is 9.04. The molecule has 136 valence electrons. The molecule has 0 radical (unpaired) electrons. The molecule has 0 amide bonds. The van der Waals surface area contributed by atoms with Crippen molar-refractivity contribution in [2.24, 2.45) is 0 Å². The SMILES string of the molecule is CC1(C)CCCC(C)(C)[N+]1([O-])O[N+]1([O-])C(C)(C)CCCC1(C)C. The van der Waals surface area contributed by atoms with E-state index >= 15 is 0 Å². The van der Waals surface area contributed by atoms with Gasteiger partial charge in [-0.2, -0.15) is 0 Å². The first kappa shape index (κ1) is 19.1. The van der Waals surface area contributed by atoms with Crippen molar-refractivity contribution in [1.29, 1.82) is 0 Å². The lowest BCUT2D eigenvalue weighted by atomic mass is 9.80. The second-order valence-electron chi connectivity index (χ2n) is 10.1. The molecule has 0 unspecified atom stereocenters. The van der Waals surface area contributed by atoms with Crippen LogP contribution in [0.15, 0.2) is 0 Å². The molecule has 5 nitrogen and oxygen atoms in total. The third-order valence-corrected chi connectivity index (χ3v) is 6.57. The summed E-state index contributed by atoms with van der Waals surface area (Å²) in [4.78, 5) is 4.40. The third-order valence-electron chi connectivity index (χ3n) is 6.57. The molecule has 0 bridgehead atoms. The zero-order chi connectivity index (χ0) is 17.9. The number of nitrogens with zero attached hydrogens (tertiary/aromatic N) is 2. The average molecular weight is 328 g/mol. The van der Waals surface area contributed by atoms with Crippen LogP contribution in [0.5, 0.6) is 0 Å². The van der Waals surface area contributed by atoms with E-state index in [1.54, 1.807) is 0 Å². The predicted molar refractivity (Wildman–Crippen MR) is 92.4 cm³/mol. The molecule has 5 heteroatoms. The fraction of sp³-hybridized carbons (Fsp3) is 1.00. The monoisotopic (exact) mass is 328 g/mol. The summed E-state index contributed by atoms with van der Waals surface area (Å²) in [5.41, 5.74) is -2.50. The Morgan fingerprint density at radius 3 is 1.00 bits per heavy atom. The molecular formula is C18H36N2O3. The molecule has 23 heavy (non-hydrogen) atoms. The van der Waals surface area contributed by atoms with Crippen molar-refractivity contribution >= 4 is 0 Å². The molecule has 2 saturated heterocycles. The van der Waals surface area contributed by atoms with Gasteiger partial charge in [-0.05, 0) is 73.2 Å². The molecule has 2 fully saturated rings. The van der Waals surface area contributed by atoms with Crippen molar-refractivity contribution in [3.8, 4) is 0 Å². The predicted octanol–water partition coefficient (Wildman–Crippen LogP) is 4.94. The maximum absolute atomic E-state index is 14.0. The molecule has 0 N–H and O–H groups in total. The van der Waals surface area contributed by atoms with E-state index in [9.17, 15) is 10.4 Å². The summed E-state index contributed by atoms with van der Waals surface area (Å²) in [5, 5.41) is 28.0. The topological polar surface area (TPSA) is 55.3 Å². The number of piperidine rings is 2. The maximum Gasteiger partial charge on any atom is 0.129 e. The Bertz CT molecular complexity index is 395. The Labute approximate surface area is 141 Å². The lowest BCUT2D eigenvalue weighted by molar-refractivity contribution is -1.37. The Morgan fingerprint density at radius 2 is 0.783 bits per heavy atom. The summed E-state index contributed by atoms with van der Waals surface area (Å²) in [6.45, 7) is 15.5. The molecule has 2 heterocycles. The van der Waals surface area contributed by atoms with Gasteiger partial charge in [-0.15, -0.1) is 9.62 Å². The van der Waals surface area contributed by atoms with Gasteiger partial charge >= 0.3 is 0 Å². The largest absolute Gasteiger partial charge is 0.593 e. The van der Waals surface area contributed by atoms with Crippen LogP contribution in [-0.4, -0.2) is 31.8 Å². The second kappa shape index (κ2) is 5.15. The van der Waals surface area contributed by atoms with E-state index in [1.807, 2.05) is 55.4 Å². The lowest BCUT2D eigenvalue weighted by Gasteiger charge is -2.68. The van der Waals surface area contributed by atoms with Crippen LogP contribution in [0.1, 0.15) is 93.9 Å². The highest BCUT2D eigenvalue weighted by molar-refractivity contribution is 4.86. The highest BCUT2D eigenvalue weighted by atomic mass is 17.1. The molecule has 2 rings (SSSR count). The summed E-state index contributed by atoms with van der Waals surface area (Å²) >= 11 is 0. The minimum absolute atomic E-state index is 0.624. The highest BCUT2D eigenvalue weighted by Crippen LogP contribution is 2.52. The fourth-order valence-electron chi connectivity index (χ4n) is 4.74. The van der Waals surface area contributed by atoms with E-state index < -0.39 is 31.8 Å². The third kappa shape index (κ3) is 2.56. The number of hydroxylamine groups is 8. The minimum Gasteiger partial charge on any atom is -0.593 e. The van der Waals surface area contributed by atoms with Gasteiger partial charge in [0.1, 0.15) is 22.2 Å². The maximum atomic E-state index is 14.0. The summed E-state index contributed by atoms with van der Waals surface area (Å²) in [5.74, 6) is 0. The van der Waals surface area contributed by atoms with E-state index in [4.69, 9.17) is 4.94 Å². The van der Waals surface area contributed by atoms with Crippen molar-refractivity contribution in [1.82, 2.24) is 0 Å². The number of rotatable bonds is 2. The van der Waals surface area contributed by atoms with Crippen molar-refractivity contribution in [2.45, 2.75) is 116 Å². The van der Waals surface area contributed by atoms with Gasteiger partial charge < -0.3 is 10.4 Å². The van der Waals surface area contributed by atoms with E-state index in [0.717, 1.165) is 38.5 Å². The van der Waals surface area contributed by atoms with Gasteiger partial charge in [-0.1, -0.05) is 0 Å². The molecule has 2 aliphatic rings. The number of hydrogen-bond donors (Lipinski definition) is 0. The molecular weight excluding hydrogens is 292 g/mol. The summed E-state index contributed by atoms with van der Waals surface area (Å²) in [6, 6.07) is 0. The Morgan fingerprint density at radius 1 is 0.565 bits per heavy atom. The van der Waals surface area contributed by atoms with Crippen molar-refractivity contribution in [3.63, 3.8) is 0 Å².